The van der Waals surface area contributed by atoms with Gasteiger partial charge >= 0.3 is 6.18 Å². The fourth-order valence-electron chi connectivity index (χ4n) is 2.28. The van der Waals surface area contributed by atoms with Gasteiger partial charge in [-0.1, -0.05) is 26.2 Å². The van der Waals surface area contributed by atoms with Crippen molar-refractivity contribution in [2.75, 3.05) is 0 Å². The molecule has 3 nitrogen and oxygen atoms in total. The van der Waals surface area contributed by atoms with E-state index in [1.54, 1.807) is 17.1 Å². The van der Waals surface area contributed by atoms with Crippen molar-refractivity contribution in [3.8, 4) is 16.9 Å². The van der Waals surface area contributed by atoms with Gasteiger partial charge in [0, 0.05) is 23.9 Å². The molecule has 0 saturated carbocycles. The number of aromatic nitrogens is 2. The molecule has 0 aliphatic carbocycles. The molecular weight excluding hydrogens is 293 g/mol. The first kappa shape index (κ1) is 16.4. The second-order valence-electron chi connectivity index (χ2n) is 5.28. The van der Waals surface area contributed by atoms with Gasteiger partial charge in [-0.05, 0) is 24.6 Å². The zero-order valence-electron chi connectivity index (χ0n) is 12.4. The zero-order valence-corrected chi connectivity index (χ0v) is 12.4. The van der Waals surface area contributed by atoms with E-state index in [0.29, 0.717) is 11.1 Å². The van der Waals surface area contributed by atoms with E-state index in [-0.39, 0.29) is 5.75 Å². The molecule has 0 bridgehead atoms. The molecule has 0 spiro atoms. The molecule has 22 heavy (non-hydrogen) atoms. The molecule has 0 amide bonds. The van der Waals surface area contributed by atoms with E-state index in [9.17, 15) is 18.3 Å². The number of alkyl halides is 3. The number of hydrogen-bond donors (Lipinski definition) is 1. The topological polar surface area (TPSA) is 38.0 Å². The van der Waals surface area contributed by atoms with Crippen molar-refractivity contribution in [2.24, 2.45) is 0 Å². The smallest absolute Gasteiger partial charge is 0.416 e. The summed E-state index contributed by atoms with van der Waals surface area (Å²) in [4.78, 5) is 0. The van der Waals surface area contributed by atoms with Crippen LogP contribution in [0.4, 0.5) is 13.2 Å². The van der Waals surface area contributed by atoms with E-state index in [1.165, 1.54) is 12.5 Å². The average Bonchev–Trinajstić information content (AvgIpc) is 2.91. The molecule has 2 rings (SSSR count). The Morgan fingerprint density at radius 3 is 2.59 bits per heavy atom. The molecule has 2 aromatic rings. The molecular formula is C16H19F3N2O. The molecule has 1 heterocycles. The van der Waals surface area contributed by atoms with Crippen molar-refractivity contribution in [2.45, 2.75) is 45.3 Å². The summed E-state index contributed by atoms with van der Waals surface area (Å²) in [6.07, 6.45) is 3.30. The van der Waals surface area contributed by atoms with Gasteiger partial charge in [0.15, 0.2) is 0 Å². The summed E-state index contributed by atoms with van der Waals surface area (Å²) in [5.41, 5.74) is 0.107. The highest BCUT2D eigenvalue weighted by atomic mass is 19.4. The zero-order chi connectivity index (χ0) is 16.2. The molecule has 1 aromatic heterocycles. The Morgan fingerprint density at radius 1 is 1.18 bits per heavy atom. The quantitative estimate of drug-likeness (QED) is 0.774. The number of aryl methyl sites for hydroxylation is 1. The number of halogens is 3. The van der Waals surface area contributed by atoms with Crippen molar-refractivity contribution < 1.29 is 18.3 Å². The van der Waals surface area contributed by atoms with Crippen molar-refractivity contribution in [3.63, 3.8) is 0 Å². The Bertz CT molecular complexity index is 620. The first-order chi connectivity index (χ1) is 10.4. The number of unbranched alkanes of at least 4 members (excludes halogenated alkanes) is 3. The van der Waals surface area contributed by atoms with Gasteiger partial charge < -0.3 is 5.11 Å². The maximum atomic E-state index is 12.6. The predicted molar refractivity (Wildman–Crippen MR) is 78.5 cm³/mol. The summed E-state index contributed by atoms with van der Waals surface area (Å²) in [7, 11) is 0. The standard InChI is InChI=1S/C16H19F3N2O/c1-2-3-4-5-8-21-11-12(10-20-21)14-7-6-13(9-15(14)22)16(17,18)19/h6-7,9-11,22H,2-5,8H2,1H3. The van der Waals surface area contributed by atoms with Crippen LogP contribution < -0.4 is 0 Å². The van der Waals surface area contributed by atoms with E-state index >= 15 is 0 Å². The fraction of sp³-hybridized carbons (Fsp3) is 0.438. The van der Waals surface area contributed by atoms with Crippen LogP contribution in [0.25, 0.3) is 11.1 Å². The van der Waals surface area contributed by atoms with Crippen LogP contribution in [0.5, 0.6) is 5.75 Å². The molecule has 0 unspecified atom stereocenters. The lowest BCUT2D eigenvalue weighted by molar-refractivity contribution is -0.137. The number of hydrogen-bond acceptors (Lipinski definition) is 2. The Hall–Kier alpha value is -1.98. The number of phenolic OH excluding ortho intramolecular Hbond substituents is 1. The van der Waals surface area contributed by atoms with Gasteiger partial charge in [-0.15, -0.1) is 0 Å². The summed E-state index contributed by atoms with van der Waals surface area (Å²) < 4.78 is 39.5. The van der Waals surface area contributed by atoms with Gasteiger partial charge in [0.1, 0.15) is 5.75 Å². The average molecular weight is 312 g/mol. The summed E-state index contributed by atoms with van der Waals surface area (Å²) in [5, 5.41) is 14.0. The van der Waals surface area contributed by atoms with Crippen LogP contribution in [0.2, 0.25) is 0 Å². The van der Waals surface area contributed by atoms with Crippen molar-refractivity contribution in [3.05, 3.63) is 36.2 Å². The van der Waals surface area contributed by atoms with Crippen LogP contribution in [-0.2, 0) is 12.7 Å². The Kier molecular flexibility index (Phi) is 5.11. The molecule has 120 valence electrons. The van der Waals surface area contributed by atoms with E-state index < -0.39 is 11.7 Å². The van der Waals surface area contributed by atoms with Crippen LogP contribution in [-0.4, -0.2) is 14.9 Å². The second-order valence-corrected chi connectivity index (χ2v) is 5.28. The van der Waals surface area contributed by atoms with Gasteiger partial charge in [-0.25, -0.2) is 0 Å². The largest absolute Gasteiger partial charge is 0.507 e. The minimum Gasteiger partial charge on any atom is -0.507 e. The number of rotatable bonds is 6. The number of nitrogens with zero attached hydrogens (tertiary/aromatic N) is 2. The summed E-state index contributed by atoms with van der Waals surface area (Å²) >= 11 is 0. The molecule has 0 aliphatic heterocycles. The first-order valence-electron chi connectivity index (χ1n) is 7.35. The van der Waals surface area contributed by atoms with Gasteiger partial charge in [-0.2, -0.15) is 18.3 Å². The fourth-order valence-corrected chi connectivity index (χ4v) is 2.28. The normalized spacial score (nSPS) is 11.8. The third-order valence-corrected chi connectivity index (χ3v) is 3.51. The highest BCUT2D eigenvalue weighted by Crippen LogP contribution is 2.36. The SMILES string of the molecule is CCCCCCn1cc(-c2ccc(C(F)(F)F)cc2O)cn1. The molecule has 1 N–H and O–H groups in total. The molecule has 0 aliphatic rings. The van der Waals surface area contributed by atoms with Gasteiger partial charge in [0.25, 0.3) is 0 Å². The van der Waals surface area contributed by atoms with Crippen molar-refractivity contribution >= 4 is 0 Å². The maximum absolute atomic E-state index is 12.6. The molecule has 0 radical (unpaired) electrons. The number of benzene rings is 1. The molecule has 0 saturated heterocycles. The predicted octanol–water partition coefficient (Wildman–Crippen LogP) is 4.85. The Morgan fingerprint density at radius 2 is 1.95 bits per heavy atom. The lowest BCUT2D eigenvalue weighted by Crippen LogP contribution is -2.04. The van der Waals surface area contributed by atoms with Crippen LogP contribution in [0.15, 0.2) is 30.6 Å². The second kappa shape index (κ2) is 6.85. The minimum absolute atomic E-state index is 0.354. The third kappa shape index (κ3) is 4.02. The first-order valence-corrected chi connectivity index (χ1v) is 7.35. The third-order valence-electron chi connectivity index (χ3n) is 3.51. The highest BCUT2D eigenvalue weighted by molar-refractivity contribution is 5.69. The molecule has 1 aromatic carbocycles. The maximum Gasteiger partial charge on any atom is 0.416 e. The molecule has 6 heteroatoms. The summed E-state index contributed by atoms with van der Waals surface area (Å²) in [5.74, 6) is -0.389. The van der Waals surface area contributed by atoms with E-state index in [1.807, 2.05) is 0 Å². The van der Waals surface area contributed by atoms with Gasteiger partial charge in [-0.3, -0.25) is 4.68 Å². The lowest BCUT2D eigenvalue weighted by atomic mass is 10.1. The highest BCUT2D eigenvalue weighted by Gasteiger charge is 2.31. The van der Waals surface area contributed by atoms with E-state index in [4.69, 9.17) is 0 Å². The monoisotopic (exact) mass is 312 g/mol. The van der Waals surface area contributed by atoms with Crippen molar-refractivity contribution in [1.82, 2.24) is 9.78 Å². The summed E-state index contributed by atoms with van der Waals surface area (Å²) in [6, 6.07) is 2.98. The van der Waals surface area contributed by atoms with Gasteiger partial charge in [0.05, 0.1) is 11.8 Å². The Balaban J connectivity index is 2.10. The Labute approximate surface area is 127 Å². The van der Waals surface area contributed by atoms with E-state index in [0.717, 1.165) is 37.9 Å². The van der Waals surface area contributed by atoms with Crippen LogP contribution in [0.3, 0.4) is 0 Å². The number of phenols is 1. The van der Waals surface area contributed by atoms with Crippen molar-refractivity contribution in [1.29, 1.82) is 0 Å². The molecule has 0 atom stereocenters. The van der Waals surface area contributed by atoms with Crippen LogP contribution >= 0.6 is 0 Å². The molecule has 0 fully saturated rings. The van der Waals surface area contributed by atoms with Gasteiger partial charge in [0.2, 0.25) is 0 Å². The lowest BCUT2D eigenvalue weighted by Gasteiger charge is -2.09. The summed E-state index contributed by atoms with van der Waals surface area (Å²) in [6.45, 7) is 2.90. The van der Waals surface area contributed by atoms with E-state index in [2.05, 4.69) is 12.0 Å². The number of aromatic hydroxyl groups is 1. The van der Waals surface area contributed by atoms with Crippen LogP contribution in [0, 0.1) is 0 Å². The van der Waals surface area contributed by atoms with Crippen LogP contribution in [0.1, 0.15) is 38.2 Å². The minimum atomic E-state index is -4.46.